The van der Waals surface area contributed by atoms with Crippen LogP contribution in [0.2, 0.25) is 10.0 Å². The molecule has 0 aliphatic heterocycles. The van der Waals surface area contributed by atoms with Crippen molar-refractivity contribution in [2.24, 2.45) is 0 Å². The molecule has 0 spiro atoms. The summed E-state index contributed by atoms with van der Waals surface area (Å²) in [5.41, 5.74) is 1.81. The summed E-state index contributed by atoms with van der Waals surface area (Å²) < 4.78 is 12.5. The van der Waals surface area contributed by atoms with Crippen LogP contribution in [0.1, 0.15) is 31.5 Å². The van der Waals surface area contributed by atoms with Gasteiger partial charge < -0.3 is 9.47 Å². The van der Waals surface area contributed by atoms with Crippen LogP contribution >= 0.6 is 23.2 Å². The van der Waals surface area contributed by atoms with Crippen molar-refractivity contribution in [3.05, 3.63) is 39.5 Å². The van der Waals surface area contributed by atoms with Crippen molar-refractivity contribution in [1.29, 1.82) is 0 Å². The number of hydrogen-bond donors (Lipinski definition) is 0. The number of esters is 1. The molecule has 130 valence electrons. The quantitative estimate of drug-likeness (QED) is 0.664. The van der Waals surface area contributed by atoms with E-state index in [0.29, 0.717) is 34.6 Å². The van der Waals surface area contributed by atoms with Crippen molar-refractivity contribution < 1.29 is 14.3 Å². The number of aromatic nitrogens is 2. The predicted octanol–water partition coefficient (Wildman–Crippen LogP) is 4.67. The summed E-state index contributed by atoms with van der Waals surface area (Å²) in [6, 6.07) is 5.05. The van der Waals surface area contributed by atoms with Gasteiger partial charge in [0.15, 0.2) is 0 Å². The van der Waals surface area contributed by atoms with Crippen molar-refractivity contribution in [3.8, 4) is 11.6 Å². The Morgan fingerprint density at radius 3 is 2.42 bits per heavy atom. The highest BCUT2D eigenvalue weighted by atomic mass is 35.5. The van der Waals surface area contributed by atoms with E-state index in [0.717, 1.165) is 17.7 Å². The van der Waals surface area contributed by atoms with Crippen molar-refractivity contribution in [2.45, 2.75) is 39.7 Å². The number of carbonyl (C=O) groups excluding carboxylic acids is 1. The highest BCUT2D eigenvalue weighted by Gasteiger charge is 2.19. The van der Waals surface area contributed by atoms with E-state index < -0.39 is 0 Å². The molecule has 0 saturated carbocycles. The van der Waals surface area contributed by atoms with E-state index in [2.05, 4.69) is 5.10 Å². The molecule has 1 heterocycles. The van der Waals surface area contributed by atoms with Crippen LogP contribution in [0.3, 0.4) is 0 Å². The van der Waals surface area contributed by atoms with E-state index in [-0.39, 0.29) is 12.4 Å². The van der Waals surface area contributed by atoms with Gasteiger partial charge in [0.05, 0.1) is 19.2 Å². The Hall–Kier alpha value is -1.72. The third-order valence-corrected chi connectivity index (χ3v) is 4.02. The van der Waals surface area contributed by atoms with Crippen LogP contribution in [-0.2, 0) is 28.9 Å². The van der Waals surface area contributed by atoms with Gasteiger partial charge in [-0.3, -0.25) is 4.79 Å². The number of methoxy groups -OCH3 is 1. The van der Waals surface area contributed by atoms with Gasteiger partial charge in [-0.25, -0.2) is 4.68 Å². The van der Waals surface area contributed by atoms with Gasteiger partial charge in [0.1, 0.15) is 5.75 Å². The van der Waals surface area contributed by atoms with Gasteiger partial charge in [-0.05, 0) is 31.5 Å². The second-order valence-corrected chi connectivity index (χ2v) is 6.06. The van der Waals surface area contributed by atoms with Crippen LogP contribution in [0.25, 0.3) is 0 Å². The SMILES string of the molecule is CCc1c(CCC(=O)OC)nn(CC)c1Oc1cc(Cl)cc(Cl)c1. The smallest absolute Gasteiger partial charge is 0.305 e. The van der Waals surface area contributed by atoms with Gasteiger partial charge in [-0.1, -0.05) is 30.1 Å². The molecule has 0 radical (unpaired) electrons. The van der Waals surface area contributed by atoms with Crippen LogP contribution in [-0.4, -0.2) is 22.9 Å². The Labute approximate surface area is 151 Å². The van der Waals surface area contributed by atoms with E-state index in [1.54, 1.807) is 22.9 Å². The first-order valence-electron chi connectivity index (χ1n) is 7.77. The molecule has 0 amide bonds. The Balaban J connectivity index is 2.33. The molecule has 7 heteroatoms. The lowest BCUT2D eigenvalue weighted by atomic mass is 10.1. The normalized spacial score (nSPS) is 10.7. The van der Waals surface area contributed by atoms with Gasteiger partial charge in [0.25, 0.3) is 0 Å². The number of hydrogen-bond acceptors (Lipinski definition) is 4. The van der Waals surface area contributed by atoms with Crippen molar-refractivity contribution >= 4 is 29.2 Å². The summed E-state index contributed by atoms with van der Waals surface area (Å²) in [6.07, 6.45) is 1.53. The molecule has 2 rings (SSSR count). The summed E-state index contributed by atoms with van der Waals surface area (Å²) in [7, 11) is 1.38. The molecule has 0 atom stereocenters. The van der Waals surface area contributed by atoms with E-state index in [1.807, 2.05) is 13.8 Å². The summed E-state index contributed by atoms with van der Waals surface area (Å²) in [6.45, 7) is 4.65. The van der Waals surface area contributed by atoms with Gasteiger partial charge in [0.2, 0.25) is 5.88 Å². The lowest BCUT2D eigenvalue weighted by molar-refractivity contribution is -0.140. The molecule has 5 nitrogen and oxygen atoms in total. The Morgan fingerprint density at radius 1 is 1.21 bits per heavy atom. The number of carbonyl (C=O) groups is 1. The Kier molecular flexibility index (Phi) is 6.52. The van der Waals surface area contributed by atoms with E-state index >= 15 is 0 Å². The largest absolute Gasteiger partial charge is 0.469 e. The lowest BCUT2D eigenvalue weighted by Crippen LogP contribution is -2.04. The molecule has 0 aliphatic carbocycles. The average molecular weight is 371 g/mol. The molecule has 0 N–H and O–H groups in total. The zero-order valence-electron chi connectivity index (χ0n) is 13.9. The first kappa shape index (κ1) is 18.6. The first-order chi connectivity index (χ1) is 11.5. The zero-order valence-corrected chi connectivity index (χ0v) is 15.4. The molecular weight excluding hydrogens is 351 g/mol. The van der Waals surface area contributed by atoms with Gasteiger partial charge in [-0.2, -0.15) is 5.10 Å². The third kappa shape index (κ3) is 4.42. The second-order valence-electron chi connectivity index (χ2n) is 5.18. The van der Waals surface area contributed by atoms with Gasteiger partial charge >= 0.3 is 5.97 Å². The fourth-order valence-corrected chi connectivity index (χ4v) is 2.94. The van der Waals surface area contributed by atoms with Crippen LogP contribution in [0.5, 0.6) is 11.6 Å². The Bertz CT molecular complexity index is 709. The van der Waals surface area contributed by atoms with Crippen molar-refractivity contribution in [3.63, 3.8) is 0 Å². The highest BCUT2D eigenvalue weighted by molar-refractivity contribution is 6.34. The standard InChI is InChI=1S/C17H20Cl2N2O3/c1-4-14-15(6-7-16(22)23-3)20-21(5-2)17(14)24-13-9-11(18)8-12(19)10-13/h8-10H,4-7H2,1-3H3. The molecular formula is C17H20Cl2N2O3. The van der Waals surface area contributed by atoms with Crippen molar-refractivity contribution in [1.82, 2.24) is 9.78 Å². The van der Waals surface area contributed by atoms with Crippen molar-refractivity contribution in [2.75, 3.05) is 7.11 Å². The van der Waals surface area contributed by atoms with E-state index in [9.17, 15) is 4.79 Å². The number of aryl methyl sites for hydroxylation is 2. The Morgan fingerprint density at radius 2 is 1.88 bits per heavy atom. The highest BCUT2D eigenvalue weighted by Crippen LogP contribution is 2.32. The summed E-state index contributed by atoms with van der Waals surface area (Å²) in [4.78, 5) is 11.4. The van der Waals surface area contributed by atoms with Crippen LogP contribution < -0.4 is 4.74 Å². The maximum atomic E-state index is 11.4. The molecule has 0 fully saturated rings. The number of halogens is 2. The number of nitrogens with zero attached hydrogens (tertiary/aromatic N) is 2. The molecule has 1 aromatic heterocycles. The molecule has 0 unspecified atom stereocenters. The molecule has 1 aromatic carbocycles. The minimum absolute atomic E-state index is 0.257. The fraction of sp³-hybridized carbons (Fsp3) is 0.412. The second kappa shape index (κ2) is 8.40. The van der Waals surface area contributed by atoms with Crippen LogP contribution in [0, 0.1) is 0 Å². The number of rotatable bonds is 7. The fourth-order valence-electron chi connectivity index (χ4n) is 2.44. The first-order valence-corrected chi connectivity index (χ1v) is 8.53. The summed E-state index contributed by atoms with van der Waals surface area (Å²) in [5, 5.41) is 5.57. The maximum absolute atomic E-state index is 11.4. The predicted molar refractivity (Wildman–Crippen MR) is 94.2 cm³/mol. The average Bonchev–Trinajstić information content (AvgIpc) is 2.88. The van der Waals surface area contributed by atoms with Gasteiger partial charge in [0, 0.05) is 28.6 Å². The molecule has 0 aliphatic rings. The molecule has 0 bridgehead atoms. The third-order valence-electron chi connectivity index (χ3n) is 3.58. The molecule has 0 saturated heterocycles. The topological polar surface area (TPSA) is 53.3 Å². The minimum Gasteiger partial charge on any atom is -0.469 e. The van der Waals surface area contributed by atoms with E-state index in [1.165, 1.54) is 7.11 Å². The summed E-state index contributed by atoms with van der Waals surface area (Å²) >= 11 is 12.1. The molecule has 24 heavy (non-hydrogen) atoms. The number of ether oxygens (including phenoxy) is 2. The number of benzene rings is 1. The van der Waals surface area contributed by atoms with Crippen LogP contribution in [0.4, 0.5) is 0 Å². The summed E-state index contributed by atoms with van der Waals surface area (Å²) in [5.74, 6) is 0.946. The zero-order chi connectivity index (χ0) is 17.7. The van der Waals surface area contributed by atoms with Gasteiger partial charge in [-0.15, -0.1) is 0 Å². The monoisotopic (exact) mass is 370 g/mol. The lowest BCUT2D eigenvalue weighted by Gasteiger charge is -2.10. The van der Waals surface area contributed by atoms with E-state index in [4.69, 9.17) is 32.7 Å². The van der Waals surface area contributed by atoms with Crippen LogP contribution in [0.15, 0.2) is 18.2 Å². The molecule has 2 aromatic rings. The minimum atomic E-state index is -0.257. The maximum Gasteiger partial charge on any atom is 0.305 e.